The van der Waals surface area contributed by atoms with Gasteiger partial charge in [0.2, 0.25) is 0 Å². The number of nitrogens with zero attached hydrogens (tertiary/aromatic N) is 2. The van der Waals surface area contributed by atoms with Crippen LogP contribution in [0.25, 0.3) is 10.9 Å². The summed E-state index contributed by atoms with van der Waals surface area (Å²) < 4.78 is 1.69. The smallest absolute Gasteiger partial charge is 0.261 e. The van der Waals surface area contributed by atoms with E-state index in [2.05, 4.69) is 11.9 Å². The Kier molecular flexibility index (Phi) is 3.65. The number of aryl methyl sites for hydroxylation is 1. The lowest BCUT2D eigenvalue weighted by Gasteiger charge is -2.11. The largest absolute Gasteiger partial charge is 0.508 e. The van der Waals surface area contributed by atoms with Gasteiger partial charge >= 0.3 is 0 Å². The van der Waals surface area contributed by atoms with Crippen LogP contribution in [0.15, 0.2) is 23.0 Å². The van der Waals surface area contributed by atoms with E-state index >= 15 is 0 Å². The summed E-state index contributed by atoms with van der Waals surface area (Å²) in [4.78, 5) is 16.8. The molecule has 18 heavy (non-hydrogen) atoms. The molecular formula is C14H18N2O2. The molecule has 0 atom stereocenters. The quantitative estimate of drug-likeness (QED) is 0.901. The molecule has 0 spiro atoms. The predicted octanol–water partition coefficient (Wildman–Crippen LogP) is 2.46. The molecular weight excluding hydrogens is 228 g/mol. The van der Waals surface area contributed by atoms with Crippen molar-refractivity contribution in [2.45, 2.75) is 39.7 Å². The minimum atomic E-state index is -0.0653. The first kappa shape index (κ1) is 12.6. The van der Waals surface area contributed by atoms with E-state index in [1.807, 2.05) is 6.92 Å². The van der Waals surface area contributed by atoms with Gasteiger partial charge in [-0.3, -0.25) is 9.36 Å². The molecule has 0 saturated carbocycles. The molecule has 0 amide bonds. The maximum Gasteiger partial charge on any atom is 0.261 e. The van der Waals surface area contributed by atoms with Crippen LogP contribution in [-0.4, -0.2) is 14.7 Å². The summed E-state index contributed by atoms with van der Waals surface area (Å²) in [5, 5.41) is 9.94. The van der Waals surface area contributed by atoms with Gasteiger partial charge in [-0.15, -0.1) is 0 Å². The SMILES string of the molecule is CCCCc1nc2ccc(O)cc2c(=O)n1CC. The molecule has 0 bridgehead atoms. The van der Waals surface area contributed by atoms with E-state index in [0.717, 1.165) is 25.1 Å². The van der Waals surface area contributed by atoms with E-state index in [9.17, 15) is 9.90 Å². The molecule has 0 aliphatic heterocycles. The van der Waals surface area contributed by atoms with Gasteiger partial charge in [-0.05, 0) is 31.5 Å². The van der Waals surface area contributed by atoms with Crippen molar-refractivity contribution in [2.75, 3.05) is 0 Å². The number of hydrogen-bond acceptors (Lipinski definition) is 3. The van der Waals surface area contributed by atoms with Gasteiger partial charge < -0.3 is 5.11 Å². The lowest BCUT2D eigenvalue weighted by molar-refractivity contribution is 0.476. The number of aromatic nitrogens is 2. The van der Waals surface area contributed by atoms with Crippen molar-refractivity contribution in [2.24, 2.45) is 0 Å². The summed E-state index contributed by atoms with van der Waals surface area (Å²) in [6.07, 6.45) is 2.92. The standard InChI is InChI=1S/C14H18N2O2/c1-3-5-6-13-15-12-8-7-10(17)9-11(12)14(18)16(13)4-2/h7-9,17H,3-6H2,1-2H3. The van der Waals surface area contributed by atoms with E-state index in [1.165, 1.54) is 6.07 Å². The van der Waals surface area contributed by atoms with Crippen molar-refractivity contribution >= 4 is 10.9 Å². The first-order chi connectivity index (χ1) is 8.67. The van der Waals surface area contributed by atoms with Crippen LogP contribution < -0.4 is 5.56 Å². The first-order valence-electron chi connectivity index (χ1n) is 6.39. The summed E-state index contributed by atoms with van der Waals surface area (Å²) in [6.45, 7) is 4.66. The number of phenols is 1. The summed E-state index contributed by atoms with van der Waals surface area (Å²) >= 11 is 0. The van der Waals surface area contributed by atoms with E-state index in [4.69, 9.17) is 0 Å². The van der Waals surface area contributed by atoms with Crippen molar-refractivity contribution in [3.05, 3.63) is 34.4 Å². The third kappa shape index (κ3) is 2.23. The van der Waals surface area contributed by atoms with Gasteiger partial charge in [-0.2, -0.15) is 0 Å². The fourth-order valence-electron chi connectivity index (χ4n) is 2.11. The molecule has 2 rings (SSSR count). The lowest BCUT2D eigenvalue weighted by atomic mass is 10.2. The van der Waals surface area contributed by atoms with Crippen LogP contribution in [0.3, 0.4) is 0 Å². The molecule has 0 fully saturated rings. The van der Waals surface area contributed by atoms with E-state index in [0.29, 0.717) is 17.4 Å². The maximum atomic E-state index is 12.3. The first-order valence-corrected chi connectivity index (χ1v) is 6.39. The van der Waals surface area contributed by atoms with Gasteiger partial charge in [0, 0.05) is 13.0 Å². The van der Waals surface area contributed by atoms with Crippen LogP contribution in [0.2, 0.25) is 0 Å². The van der Waals surface area contributed by atoms with Crippen LogP contribution in [0.1, 0.15) is 32.5 Å². The summed E-state index contributed by atoms with van der Waals surface area (Å²) in [6, 6.07) is 4.75. The Morgan fingerprint density at radius 3 is 2.78 bits per heavy atom. The van der Waals surface area contributed by atoms with Crippen LogP contribution in [0.5, 0.6) is 5.75 Å². The van der Waals surface area contributed by atoms with E-state index < -0.39 is 0 Å². The van der Waals surface area contributed by atoms with Gasteiger partial charge in [0.15, 0.2) is 0 Å². The third-order valence-corrected chi connectivity index (χ3v) is 3.09. The van der Waals surface area contributed by atoms with Crippen LogP contribution in [-0.2, 0) is 13.0 Å². The number of fused-ring (bicyclic) bond motifs is 1. The highest BCUT2D eigenvalue weighted by Crippen LogP contribution is 2.16. The van der Waals surface area contributed by atoms with Crippen LogP contribution >= 0.6 is 0 Å². The number of aromatic hydroxyl groups is 1. The normalized spacial score (nSPS) is 11.0. The van der Waals surface area contributed by atoms with Crippen molar-refractivity contribution in [3.8, 4) is 5.75 Å². The number of phenolic OH excluding ortho intramolecular Hbond substituents is 1. The maximum absolute atomic E-state index is 12.3. The number of unbranched alkanes of at least 4 members (excludes halogenated alkanes) is 1. The summed E-state index contributed by atoms with van der Waals surface area (Å²) in [5.74, 6) is 0.938. The second-order valence-corrected chi connectivity index (χ2v) is 4.38. The van der Waals surface area contributed by atoms with Crippen LogP contribution in [0, 0.1) is 0 Å². The molecule has 1 heterocycles. The molecule has 0 aliphatic carbocycles. The molecule has 2 aromatic rings. The fraction of sp³-hybridized carbons (Fsp3) is 0.429. The number of hydrogen-bond donors (Lipinski definition) is 1. The molecule has 96 valence electrons. The molecule has 1 N–H and O–H groups in total. The Hall–Kier alpha value is -1.84. The second-order valence-electron chi connectivity index (χ2n) is 4.38. The molecule has 0 aliphatic rings. The van der Waals surface area contributed by atoms with Crippen LogP contribution in [0.4, 0.5) is 0 Å². The zero-order valence-electron chi connectivity index (χ0n) is 10.8. The van der Waals surface area contributed by atoms with Crippen molar-refractivity contribution in [3.63, 3.8) is 0 Å². The predicted molar refractivity (Wildman–Crippen MR) is 72.0 cm³/mol. The Morgan fingerprint density at radius 2 is 2.11 bits per heavy atom. The van der Waals surface area contributed by atoms with Gasteiger partial charge in [0.25, 0.3) is 5.56 Å². The topological polar surface area (TPSA) is 55.1 Å². The molecule has 0 saturated heterocycles. The molecule has 4 heteroatoms. The second kappa shape index (κ2) is 5.21. The molecule has 1 aromatic carbocycles. The minimum Gasteiger partial charge on any atom is -0.508 e. The molecule has 4 nitrogen and oxygen atoms in total. The molecule has 1 aromatic heterocycles. The zero-order chi connectivity index (χ0) is 13.1. The Labute approximate surface area is 106 Å². The number of rotatable bonds is 4. The van der Waals surface area contributed by atoms with Gasteiger partial charge in [-0.25, -0.2) is 4.98 Å². The van der Waals surface area contributed by atoms with Gasteiger partial charge in [0.05, 0.1) is 10.9 Å². The zero-order valence-corrected chi connectivity index (χ0v) is 10.8. The minimum absolute atomic E-state index is 0.0653. The third-order valence-electron chi connectivity index (χ3n) is 3.09. The van der Waals surface area contributed by atoms with Gasteiger partial charge in [-0.1, -0.05) is 13.3 Å². The lowest BCUT2D eigenvalue weighted by Crippen LogP contribution is -2.24. The number of benzene rings is 1. The average Bonchev–Trinajstić information content (AvgIpc) is 2.37. The van der Waals surface area contributed by atoms with Crippen molar-refractivity contribution < 1.29 is 5.11 Å². The summed E-state index contributed by atoms with van der Waals surface area (Å²) in [7, 11) is 0. The summed E-state index contributed by atoms with van der Waals surface area (Å²) in [5.41, 5.74) is 0.595. The highest BCUT2D eigenvalue weighted by molar-refractivity contribution is 5.79. The Bertz CT molecular complexity index is 617. The molecule has 0 radical (unpaired) electrons. The average molecular weight is 246 g/mol. The highest BCUT2D eigenvalue weighted by atomic mass is 16.3. The van der Waals surface area contributed by atoms with E-state index in [1.54, 1.807) is 16.7 Å². The monoisotopic (exact) mass is 246 g/mol. The highest BCUT2D eigenvalue weighted by Gasteiger charge is 2.09. The fourth-order valence-corrected chi connectivity index (χ4v) is 2.11. The van der Waals surface area contributed by atoms with Gasteiger partial charge in [0.1, 0.15) is 11.6 Å². The molecule has 0 unspecified atom stereocenters. The Morgan fingerprint density at radius 1 is 1.33 bits per heavy atom. The van der Waals surface area contributed by atoms with E-state index in [-0.39, 0.29) is 11.3 Å². The Balaban J connectivity index is 2.65. The van der Waals surface area contributed by atoms with Crippen molar-refractivity contribution in [1.82, 2.24) is 9.55 Å². The van der Waals surface area contributed by atoms with Crippen molar-refractivity contribution in [1.29, 1.82) is 0 Å².